The molecule has 92 valence electrons. The first-order valence-corrected chi connectivity index (χ1v) is 5.17. The van der Waals surface area contributed by atoms with E-state index >= 15 is 0 Å². The Hall–Kier alpha value is -1.95. The Bertz CT molecular complexity index is 418. The van der Waals surface area contributed by atoms with Gasteiger partial charge in [-0.2, -0.15) is 0 Å². The van der Waals surface area contributed by atoms with Crippen LogP contribution in [0.3, 0.4) is 0 Å². The smallest absolute Gasteiger partial charge is 0.269 e. The van der Waals surface area contributed by atoms with Crippen molar-refractivity contribution in [2.75, 3.05) is 6.54 Å². The lowest BCUT2D eigenvalue weighted by Crippen LogP contribution is -2.31. The summed E-state index contributed by atoms with van der Waals surface area (Å²) in [5.74, 6) is -0.272. The molecule has 17 heavy (non-hydrogen) atoms. The molecule has 0 aromatic heterocycles. The maximum Gasteiger partial charge on any atom is 0.269 e. The summed E-state index contributed by atoms with van der Waals surface area (Å²) in [5.41, 5.74) is 0.535. The molecule has 0 fully saturated rings. The van der Waals surface area contributed by atoms with Gasteiger partial charge in [0.05, 0.1) is 17.4 Å². The van der Waals surface area contributed by atoms with E-state index in [2.05, 4.69) is 5.32 Å². The molecule has 0 aliphatic heterocycles. The van der Waals surface area contributed by atoms with E-state index in [0.29, 0.717) is 5.56 Å². The molecule has 1 aromatic rings. The molecule has 0 spiro atoms. The predicted molar refractivity (Wildman–Crippen MR) is 61.5 cm³/mol. The summed E-state index contributed by atoms with van der Waals surface area (Å²) in [7, 11) is 0. The van der Waals surface area contributed by atoms with Gasteiger partial charge in [-0.1, -0.05) is 12.1 Å². The normalized spacial score (nSPS) is 11.9. The van der Waals surface area contributed by atoms with Crippen molar-refractivity contribution >= 4 is 11.6 Å². The molecule has 6 nitrogen and oxygen atoms in total. The molecule has 0 saturated carbocycles. The number of aliphatic hydroxyl groups is 1. The molecule has 0 unspecified atom stereocenters. The van der Waals surface area contributed by atoms with Crippen molar-refractivity contribution in [1.82, 2.24) is 5.32 Å². The third-order valence-corrected chi connectivity index (χ3v) is 2.08. The first kappa shape index (κ1) is 13.1. The first-order valence-electron chi connectivity index (χ1n) is 5.17. The van der Waals surface area contributed by atoms with Crippen LogP contribution in [0.1, 0.15) is 12.5 Å². The quantitative estimate of drug-likeness (QED) is 0.581. The van der Waals surface area contributed by atoms with Gasteiger partial charge in [-0.15, -0.1) is 0 Å². The highest BCUT2D eigenvalue weighted by Crippen LogP contribution is 2.13. The fraction of sp³-hybridized carbons (Fsp3) is 0.364. The van der Waals surface area contributed by atoms with E-state index in [1.165, 1.54) is 18.2 Å². The van der Waals surface area contributed by atoms with Crippen LogP contribution in [0.2, 0.25) is 0 Å². The maximum absolute atomic E-state index is 11.4. The Balaban J connectivity index is 2.59. The standard InChI is InChI=1S/C11H14N2O4/c1-8(14)7-12-11(15)6-9-3-2-4-10(5-9)13(16)17/h2-5,8,14H,6-7H2,1H3,(H,12,15)/t8-/m1/s1. The van der Waals surface area contributed by atoms with Gasteiger partial charge in [-0.25, -0.2) is 0 Å². The van der Waals surface area contributed by atoms with Crippen LogP contribution in [0.5, 0.6) is 0 Å². The summed E-state index contributed by atoms with van der Waals surface area (Å²) in [5, 5.41) is 22.0. The van der Waals surface area contributed by atoms with Crippen molar-refractivity contribution in [2.45, 2.75) is 19.4 Å². The predicted octanol–water partition coefficient (Wildman–Crippen LogP) is 0.634. The van der Waals surface area contributed by atoms with Crippen molar-refractivity contribution in [3.05, 3.63) is 39.9 Å². The van der Waals surface area contributed by atoms with Crippen molar-refractivity contribution in [1.29, 1.82) is 0 Å². The lowest BCUT2D eigenvalue weighted by molar-refractivity contribution is -0.384. The van der Waals surface area contributed by atoms with Gasteiger partial charge in [0.25, 0.3) is 5.69 Å². The van der Waals surface area contributed by atoms with Gasteiger partial charge in [0.15, 0.2) is 0 Å². The van der Waals surface area contributed by atoms with Crippen LogP contribution < -0.4 is 5.32 Å². The summed E-state index contributed by atoms with van der Waals surface area (Å²) in [4.78, 5) is 21.4. The lowest BCUT2D eigenvalue weighted by Gasteiger charge is -2.06. The number of aliphatic hydroxyl groups excluding tert-OH is 1. The number of nitro groups is 1. The molecule has 0 saturated heterocycles. The second-order valence-corrected chi connectivity index (χ2v) is 3.76. The van der Waals surface area contributed by atoms with Gasteiger partial charge >= 0.3 is 0 Å². The van der Waals surface area contributed by atoms with Gasteiger partial charge < -0.3 is 10.4 Å². The van der Waals surface area contributed by atoms with Crippen LogP contribution in [0, 0.1) is 10.1 Å². The highest BCUT2D eigenvalue weighted by Gasteiger charge is 2.09. The number of benzene rings is 1. The van der Waals surface area contributed by atoms with E-state index in [0.717, 1.165) is 0 Å². The molecule has 0 heterocycles. The minimum Gasteiger partial charge on any atom is -0.392 e. The molecule has 1 atom stereocenters. The van der Waals surface area contributed by atoms with Crippen LogP contribution >= 0.6 is 0 Å². The number of rotatable bonds is 5. The third kappa shape index (κ3) is 4.60. The fourth-order valence-corrected chi connectivity index (χ4v) is 1.29. The topological polar surface area (TPSA) is 92.5 Å². The number of nitrogens with zero attached hydrogens (tertiary/aromatic N) is 1. The maximum atomic E-state index is 11.4. The van der Waals surface area contributed by atoms with Crippen LogP contribution in [-0.4, -0.2) is 28.6 Å². The van der Waals surface area contributed by atoms with Gasteiger partial charge in [0.1, 0.15) is 0 Å². The minimum atomic E-state index is -0.607. The highest BCUT2D eigenvalue weighted by molar-refractivity contribution is 5.78. The fourth-order valence-electron chi connectivity index (χ4n) is 1.29. The number of nitrogens with one attached hydrogen (secondary N) is 1. The van der Waals surface area contributed by atoms with Crippen LogP contribution in [0.4, 0.5) is 5.69 Å². The zero-order chi connectivity index (χ0) is 12.8. The Kier molecular flexibility index (Phi) is 4.59. The minimum absolute atomic E-state index is 0.0363. The Morgan fingerprint density at radius 2 is 2.29 bits per heavy atom. The van der Waals surface area contributed by atoms with Crippen LogP contribution in [0.25, 0.3) is 0 Å². The zero-order valence-corrected chi connectivity index (χ0v) is 9.42. The lowest BCUT2D eigenvalue weighted by atomic mass is 10.1. The van der Waals surface area contributed by atoms with E-state index in [1.54, 1.807) is 13.0 Å². The molecule has 0 radical (unpaired) electrons. The average Bonchev–Trinajstić information content (AvgIpc) is 2.26. The molecule has 1 amide bonds. The molecule has 0 aliphatic rings. The number of amides is 1. The van der Waals surface area contributed by atoms with E-state index in [9.17, 15) is 14.9 Å². The molecular weight excluding hydrogens is 224 g/mol. The van der Waals surface area contributed by atoms with E-state index < -0.39 is 11.0 Å². The SMILES string of the molecule is C[C@@H](O)CNC(=O)Cc1cccc([N+](=O)[O-])c1. The van der Waals surface area contributed by atoms with Gasteiger partial charge in [-0.05, 0) is 12.5 Å². The molecule has 2 N–H and O–H groups in total. The van der Waals surface area contributed by atoms with Crippen molar-refractivity contribution in [3.8, 4) is 0 Å². The Morgan fingerprint density at radius 1 is 1.59 bits per heavy atom. The van der Waals surface area contributed by atoms with Crippen LogP contribution in [-0.2, 0) is 11.2 Å². The molecule has 1 rings (SSSR count). The van der Waals surface area contributed by atoms with Gasteiger partial charge in [-0.3, -0.25) is 14.9 Å². The van der Waals surface area contributed by atoms with Crippen molar-refractivity contribution in [3.63, 3.8) is 0 Å². The Labute approximate surface area is 98.4 Å². The third-order valence-electron chi connectivity index (χ3n) is 2.08. The molecule has 0 aliphatic carbocycles. The second kappa shape index (κ2) is 5.95. The average molecular weight is 238 g/mol. The molecule has 0 bridgehead atoms. The number of non-ortho nitro benzene ring substituents is 1. The summed E-state index contributed by atoms with van der Waals surface area (Å²) in [6.45, 7) is 1.74. The summed E-state index contributed by atoms with van der Waals surface area (Å²) < 4.78 is 0. The van der Waals surface area contributed by atoms with Crippen molar-refractivity contribution in [2.24, 2.45) is 0 Å². The van der Waals surface area contributed by atoms with Crippen molar-refractivity contribution < 1.29 is 14.8 Å². The summed E-state index contributed by atoms with van der Waals surface area (Å²) >= 11 is 0. The Morgan fingerprint density at radius 3 is 2.88 bits per heavy atom. The number of hydrogen-bond acceptors (Lipinski definition) is 4. The zero-order valence-electron chi connectivity index (χ0n) is 9.42. The summed E-state index contributed by atoms with van der Waals surface area (Å²) in [6, 6.07) is 5.92. The van der Waals surface area contributed by atoms with Gasteiger partial charge in [0.2, 0.25) is 5.91 Å². The second-order valence-electron chi connectivity index (χ2n) is 3.76. The van der Waals surface area contributed by atoms with Gasteiger partial charge in [0, 0.05) is 18.7 Å². The number of carbonyl (C=O) groups excluding carboxylic acids is 1. The van der Waals surface area contributed by atoms with E-state index in [-0.39, 0.29) is 24.6 Å². The highest BCUT2D eigenvalue weighted by atomic mass is 16.6. The van der Waals surface area contributed by atoms with E-state index in [1.807, 2.05) is 0 Å². The first-order chi connectivity index (χ1) is 7.99. The largest absolute Gasteiger partial charge is 0.392 e. The van der Waals surface area contributed by atoms with Crippen LogP contribution in [0.15, 0.2) is 24.3 Å². The molecular formula is C11H14N2O4. The molecule has 6 heteroatoms. The monoisotopic (exact) mass is 238 g/mol. The summed E-state index contributed by atoms with van der Waals surface area (Å²) in [6.07, 6.45) is -0.543. The molecule has 1 aromatic carbocycles. The number of hydrogen-bond donors (Lipinski definition) is 2. The number of carbonyl (C=O) groups is 1. The number of nitro benzene ring substituents is 1. The van der Waals surface area contributed by atoms with E-state index in [4.69, 9.17) is 5.11 Å².